The minimum Gasteiger partial charge on any atom is -0.418 e. The molecular weight excluding hydrogens is 303 g/mol. The maximum absolute atomic E-state index is 11.2. The van der Waals surface area contributed by atoms with Gasteiger partial charge in [0.15, 0.2) is 0 Å². The van der Waals surface area contributed by atoms with Crippen molar-refractivity contribution >= 4 is 45.1 Å². The first-order valence-electron chi connectivity index (χ1n) is 4.30. The van der Waals surface area contributed by atoms with Crippen molar-refractivity contribution in [2.24, 2.45) is 0 Å². The fourth-order valence-corrected chi connectivity index (χ4v) is 1.42. The molecule has 0 bridgehead atoms. The van der Waals surface area contributed by atoms with Crippen LogP contribution >= 0.6 is 39.1 Å². The third kappa shape index (κ3) is 6.03. The van der Waals surface area contributed by atoms with Gasteiger partial charge in [-0.3, -0.25) is 4.79 Å². The Balaban J connectivity index is 2.35. The zero-order valence-electron chi connectivity index (χ0n) is 7.75. The Morgan fingerprint density at radius 3 is 2.47 bits per heavy atom. The first-order valence-corrected chi connectivity index (χ1v) is 5.85. The van der Waals surface area contributed by atoms with Gasteiger partial charge in [-0.2, -0.15) is 0 Å². The fourth-order valence-electron chi connectivity index (χ4n) is 1.07. The number of alkyl halides is 3. The molecule has 0 aliphatic carbocycles. The number of carbonyl (C=O) groups is 1. The molecule has 0 heterocycles. The van der Waals surface area contributed by atoms with Gasteiger partial charge >= 0.3 is 9.40 Å². The van der Waals surface area contributed by atoms with Crippen LogP contribution in [0.25, 0.3) is 0 Å². The molecule has 0 N–H and O–H groups in total. The average molecular weight is 312 g/mol. The Bertz CT molecular complexity index is 322. The van der Waals surface area contributed by atoms with Gasteiger partial charge in [0.25, 0.3) is 0 Å². The van der Waals surface area contributed by atoms with Crippen molar-refractivity contribution in [2.75, 3.05) is 0 Å². The Hall–Kier alpha value is -0.250. The number of esters is 1. The molecule has 15 heavy (non-hydrogen) atoms. The van der Waals surface area contributed by atoms with Gasteiger partial charge in [0, 0.05) is 6.42 Å². The van der Waals surface area contributed by atoms with Gasteiger partial charge in [-0.25, -0.2) is 0 Å². The van der Waals surface area contributed by atoms with Gasteiger partial charge in [0.05, 0.1) is 0 Å². The molecule has 5 heteroatoms. The van der Waals surface area contributed by atoms with Gasteiger partial charge in [-0.15, -0.1) is 0 Å². The van der Waals surface area contributed by atoms with E-state index < -0.39 is 9.40 Å². The van der Waals surface area contributed by atoms with Gasteiger partial charge < -0.3 is 4.74 Å². The van der Waals surface area contributed by atoms with E-state index in [1.54, 1.807) is 0 Å². The van der Waals surface area contributed by atoms with Gasteiger partial charge in [0.2, 0.25) is 0 Å². The quantitative estimate of drug-likeness (QED) is 0.627. The van der Waals surface area contributed by atoms with Crippen molar-refractivity contribution in [3.05, 3.63) is 35.9 Å². The molecule has 0 saturated carbocycles. The van der Waals surface area contributed by atoms with E-state index in [1.165, 1.54) is 0 Å². The molecule has 1 aromatic rings. The van der Waals surface area contributed by atoms with Crippen LogP contribution in [0.5, 0.6) is 0 Å². The number of aryl methyl sites for hydroxylation is 1. The SMILES string of the molecule is O=C(CCc1ccccc1)OC(Cl)(Cl)Br. The number of carbonyl (C=O) groups excluding carboxylic acids is 1. The predicted molar refractivity (Wildman–Crippen MR) is 64.2 cm³/mol. The van der Waals surface area contributed by atoms with Crippen molar-refractivity contribution in [1.29, 1.82) is 0 Å². The second-order valence-corrected chi connectivity index (χ2v) is 6.19. The maximum Gasteiger partial charge on any atom is 0.318 e. The largest absolute Gasteiger partial charge is 0.418 e. The number of hydrogen-bond acceptors (Lipinski definition) is 2. The number of ether oxygens (including phenoxy) is 1. The molecule has 1 rings (SSSR count). The zero-order chi connectivity index (χ0) is 11.3. The smallest absolute Gasteiger partial charge is 0.318 e. The summed E-state index contributed by atoms with van der Waals surface area (Å²) in [5.74, 6) is -0.444. The first kappa shape index (κ1) is 12.8. The van der Waals surface area contributed by atoms with E-state index in [2.05, 4.69) is 20.7 Å². The standard InChI is InChI=1S/C10H9BrCl2O2/c11-10(12,13)15-9(14)7-6-8-4-2-1-3-5-8/h1-5H,6-7H2. The third-order valence-electron chi connectivity index (χ3n) is 1.69. The molecule has 0 unspecified atom stereocenters. The van der Waals surface area contributed by atoms with Crippen LogP contribution in [0, 0.1) is 0 Å². The van der Waals surface area contributed by atoms with Crippen LogP contribution in [-0.4, -0.2) is 9.40 Å². The van der Waals surface area contributed by atoms with Gasteiger partial charge in [-0.1, -0.05) is 30.3 Å². The van der Waals surface area contributed by atoms with E-state index in [1.807, 2.05) is 30.3 Å². The number of hydrogen-bond donors (Lipinski definition) is 0. The summed E-state index contributed by atoms with van der Waals surface area (Å²) in [5.41, 5.74) is 1.07. The second kappa shape index (κ2) is 5.73. The number of rotatable bonds is 4. The average Bonchev–Trinajstić information content (AvgIpc) is 2.14. The molecule has 0 aromatic heterocycles. The third-order valence-corrected chi connectivity index (χ3v) is 2.01. The fraction of sp³-hybridized carbons (Fsp3) is 0.300. The van der Waals surface area contributed by atoms with Gasteiger partial charge in [0.1, 0.15) is 0 Å². The van der Waals surface area contributed by atoms with Crippen molar-refractivity contribution in [1.82, 2.24) is 0 Å². The van der Waals surface area contributed by atoms with Crippen LogP contribution in [0.3, 0.4) is 0 Å². The molecule has 0 aliphatic heterocycles. The molecule has 0 spiro atoms. The lowest BCUT2D eigenvalue weighted by Crippen LogP contribution is -2.15. The Kier molecular flexibility index (Phi) is 4.90. The van der Waals surface area contributed by atoms with E-state index in [-0.39, 0.29) is 6.42 Å². The molecule has 1 aromatic carbocycles. The molecule has 2 nitrogen and oxygen atoms in total. The van der Waals surface area contributed by atoms with E-state index >= 15 is 0 Å². The molecular formula is C10H9BrCl2O2. The Labute approximate surface area is 107 Å². The van der Waals surface area contributed by atoms with Crippen LogP contribution < -0.4 is 0 Å². The molecule has 0 atom stereocenters. The summed E-state index contributed by atoms with van der Waals surface area (Å²) in [4.78, 5) is 11.2. The molecule has 0 radical (unpaired) electrons. The molecule has 0 fully saturated rings. The van der Waals surface area contributed by atoms with Crippen molar-refractivity contribution in [3.8, 4) is 0 Å². The zero-order valence-corrected chi connectivity index (χ0v) is 10.8. The van der Waals surface area contributed by atoms with Crippen LogP contribution in [0.2, 0.25) is 0 Å². The molecule has 0 aliphatic rings. The van der Waals surface area contributed by atoms with Crippen LogP contribution in [0.4, 0.5) is 0 Å². The summed E-state index contributed by atoms with van der Waals surface area (Å²) in [7, 11) is 0. The first-order chi connectivity index (χ1) is 6.97. The van der Waals surface area contributed by atoms with E-state index in [9.17, 15) is 4.79 Å². The van der Waals surface area contributed by atoms with Crippen LogP contribution in [0.15, 0.2) is 30.3 Å². The van der Waals surface area contributed by atoms with Crippen molar-refractivity contribution < 1.29 is 9.53 Å². The topological polar surface area (TPSA) is 26.3 Å². The summed E-state index contributed by atoms with van der Waals surface area (Å²) in [6.07, 6.45) is 0.854. The van der Waals surface area contributed by atoms with E-state index in [4.69, 9.17) is 23.2 Å². The predicted octanol–water partition coefficient (Wildman–Crippen LogP) is 3.65. The van der Waals surface area contributed by atoms with Crippen molar-refractivity contribution in [2.45, 2.75) is 16.3 Å². The van der Waals surface area contributed by atoms with E-state index in [0.29, 0.717) is 6.42 Å². The summed E-state index contributed by atoms with van der Waals surface area (Å²) >= 11 is 13.7. The minimum atomic E-state index is -1.62. The Morgan fingerprint density at radius 2 is 1.93 bits per heavy atom. The molecule has 0 amide bonds. The second-order valence-electron chi connectivity index (χ2n) is 2.91. The highest BCUT2D eigenvalue weighted by Crippen LogP contribution is 2.30. The Morgan fingerprint density at radius 1 is 1.33 bits per heavy atom. The molecule has 82 valence electrons. The minimum absolute atomic E-state index is 0.247. The molecule has 0 saturated heterocycles. The lowest BCUT2D eigenvalue weighted by Gasteiger charge is -2.12. The lowest BCUT2D eigenvalue weighted by molar-refractivity contribution is -0.143. The number of halogens is 3. The summed E-state index contributed by atoms with van der Waals surface area (Å²) in [6, 6.07) is 9.63. The van der Waals surface area contributed by atoms with Gasteiger partial charge in [-0.05, 0) is 51.1 Å². The highest BCUT2D eigenvalue weighted by Gasteiger charge is 2.23. The summed E-state index contributed by atoms with van der Waals surface area (Å²) in [6.45, 7) is 0. The summed E-state index contributed by atoms with van der Waals surface area (Å²) in [5, 5.41) is 0. The maximum atomic E-state index is 11.2. The van der Waals surface area contributed by atoms with Crippen molar-refractivity contribution in [3.63, 3.8) is 0 Å². The normalized spacial score (nSPS) is 11.1. The van der Waals surface area contributed by atoms with Crippen LogP contribution in [0.1, 0.15) is 12.0 Å². The lowest BCUT2D eigenvalue weighted by atomic mass is 10.1. The van der Waals surface area contributed by atoms with E-state index in [0.717, 1.165) is 5.56 Å². The monoisotopic (exact) mass is 310 g/mol. The summed E-state index contributed by atoms with van der Waals surface area (Å²) < 4.78 is 3.04. The highest BCUT2D eigenvalue weighted by molar-refractivity contribution is 9.10. The highest BCUT2D eigenvalue weighted by atomic mass is 79.9. The van der Waals surface area contributed by atoms with Crippen LogP contribution in [-0.2, 0) is 16.0 Å². The number of benzene rings is 1.